The lowest BCUT2D eigenvalue weighted by atomic mass is 9.83. The van der Waals surface area contributed by atoms with Crippen LogP contribution >= 0.6 is 11.8 Å². The number of amides is 1. The summed E-state index contributed by atoms with van der Waals surface area (Å²) < 4.78 is 7.22. The van der Waals surface area contributed by atoms with Crippen LogP contribution in [0.3, 0.4) is 0 Å². The summed E-state index contributed by atoms with van der Waals surface area (Å²) in [6.07, 6.45) is 4.88. The first-order chi connectivity index (χ1) is 15.8. The molecule has 1 amide bonds. The third-order valence-corrected chi connectivity index (χ3v) is 7.98. The average Bonchev–Trinajstić information content (AvgIpc) is 3.56. The van der Waals surface area contributed by atoms with Crippen molar-refractivity contribution < 1.29 is 9.53 Å². The molecule has 2 atom stereocenters. The number of hydrogen-bond acceptors (Lipinski definition) is 6. The highest BCUT2D eigenvalue weighted by molar-refractivity contribution is 6.28. The van der Waals surface area contributed by atoms with Gasteiger partial charge in [0.25, 0.3) is 5.91 Å². The Morgan fingerprint density at radius 2 is 1.76 bits per heavy atom. The maximum Gasteiger partial charge on any atom is 0.256 e. The number of hydrogen-bond donors (Lipinski definition) is 0. The van der Waals surface area contributed by atoms with E-state index in [4.69, 9.17) is 16.5 Å². The number of carbonyl (C=O) groups is 1. The molecule has 1 unspecified atom stereocenters. The first-order valence-electron chi connectivity index (χ1n) is 11.0. The van der Waals surface area contributed by atoms with Crippen LogP contribution in [0.5, 0.6) is 5.75 Å². The quantitative estimate of drug-likeness (QED) is 0.539. The van der Waals surface area contributed by atoms with Crippen molar-refractivity contribution in [2.24, 2.45) is 0 Å². The molecule has 0 bridgehead atoms. The standard InChI is InChI=1S/C24H27ClN6O2/c1-23(24(2)28(3)20-8-5-6-9-21(20)30(24)25)12-7-15-29(23)22(32)18-16-17(33-4)10-11-19(18)31-26-13-14-27-31/h5-6,8-11,13-14,16H,7,12,15H2,1-4H3/t23-,24?/m0/s1. The molecule has 1 aromatic heterocycles. The summed E-state index contributed by atoms with van der Waals surface area (Å²) in [5.41, 5.74) is 1.84. The number of likely N-dealkylation sites (tertiary alicyclic amines) is 1. The maximum atomic E-state index is 14.2. The summed E-state index contributed by atoms with van der Waals surface area (Å²) >= 11 is 7.00. The molecule has 1 saturated heterocycles. The molecule has 2 aromatic carbocycles. The lowest BCUT2D eigenvalue weighted by molar-refractivity contribution is 0.0466. The molecule has 9 heteroatoms. The van der Waals surface area contributed by atoms with Crippen LogP contribution in [-0.2, 0) is 0 Å². The smallest absolute Gasteiger partial charge is 0.256 e. The molecule has 0 radical (unpaired) electrons. The molecule has 8 nitrogen and oxygen atoms in total. The number of rotatable bonds is 4. The van der Waals surface area contributed by atoms with Gasteiger partial charge in [-0.25, -0.2) is 0 Å². The Morgan fingerprint density at radius 1 is 1.06 bits per heavy atom. The Balaban J connectivity index is 1.60. The summed E-state index contributed by atoms with van der Waals surface area (Å²) in [5.74, 6) is 0.502. The van der Waals surface area contributed by atoms with Crippen LogP contribution in [-0.4, -0.2) is 57.7 Å². The molecule has 0 spiro atoms. The Kier molecular flexibility index (Phi) is 5.01. The zero-order chi connectivity index (χ0) is 23.4. The van der Waals surface area contributed by atoms with Gasteiger partial charge in [-0.1, -0.05) is 12.1 Å². The van der Waals surface area contributed by atoms with Crippen molar-refractivity contribution in [2.45, 2.75) is 37.9 Å². The Hall–Kier alpha value is -3.26. The third kappa shape index (κ3) is 2.93. The molecule has 5 rings (SSSR count). The monoisotopic (exact) mass is 466 g/mol. The second-order valence-electron chi connectivity index (χ2n) is 8.89. The highest BCUT2D eigenvalue weighted by atomic mass is 35.5. The number of ether oxygens (including phenoxy) is 1. The van der Waals surface area contributed by atoms with Gasteiger partial charge in [-0.05, 0) is 57.0 Å². The zero-order valence-electron chi connectivity index (χ0n) is 19.2. The molecule has 3 aromatic rings. The largest absolute Gasteiger partial charge is 0.497 e. The van der Waals surface area contributed by atoms with Crippen molar-refractivity contribution in [3.8, 4) is 11.4 Å². The van der Waals surface area contributed by atoms with Gasteiger partial charge in [0.1, 0.15) is 11.4 Å². The van der Waals surface area contributed by atoms with Crippen LogP contribution in [0.15, 0.2) is 54.9 Å². The van der Waals surface area contributed by atoms with E-state index in [0.29, 0.717) is 23.5 Å². The first kappa shape index (κ1) is 21.6. The van der Waals surface area contributed by atoms with Crippen LogP contribution in [0.1, 0.15) is 37.0 Å². The van der Waals surface area contributed by atoms with Crippen molar-refractivity contribution in [2.75, 3.05) is 30.0 Å². The number of benzene rings is 2. The van der Waals surface area contributed by atoms with Gasteiger partial charge in [0, 0.05) is 25.4 Å². The normalized spacial score (nSPS) is 24.3. The molecule has 3 heterocycles. The fourth-order valence-corrected chi connectivity index (χ4v) is 5.78. The number of aromatic nitrogens is 3. The van der Waals surface area contributed by atoms with Crippen LogP contribution in [0.25, 0.3) is 5.69 Å². The van der Waals surface area contributed by atoms with Gasteiger partial charge in [0.15, 0.2) is 0 Å². The van der Waals surface area contributed by atoms with Crippen molar-refractivity contribution in [1.29, 1.82) is 0 Å². The molecule has 1 fully saturated rings. The van der Waals surface area contributed by atoms with E-state index in [2.05, 4.69) is 35.0 Å². The van der Waals surface area contributed by atoms with Crippen LogP contribution < -0.4 is 14.1 Å². The number of carbonyl (C=O) groups excluding carboxylic acids is 1. The molecule has 0 N–H and O–H groups in total. The molecule has 0 saturated carbocycles. The molecular weight excluding hydrogens is 440 g/mol. The Morgan fingerprint density at radius 3 is 2.42 bits per heavy atom. The van der Waals surface area contributed by atoms with Crippen molar-refractivity contribution in [3.63, 3.8) is 0 Å². The summed E-state index contributed by atoms with van der Waals surface area (Å²) in [6.45, 7) is 4.86. The lowest BCUT2D eigenvalue weighted by Gasteiger charge is -2.53. The van der Waals surface area contributed by atoms with Gasteiger partial charge >= 0.3 is 0 Å². The molecule has 2 aliphatic rings. The van der Waals surface area contributed by atoms with Gasteiger partial charge in [0.05, 0.1) is 47.7 Å². The number of para-hydroxylation sites is 2. The van der Waals surface area contributed by atoms with E-state index in [0.717, 1.165) is 24.2 Å². The second kappa shape index (κ2) is 7.66. The SMILES string of the molecule is COc1ccc(-n2nccn2)c(C(=O)N2CCC[C@@]2(C)C2(C)N(C)c3ccccc3N2Cl)c1. The lowest BCUT2D eigenvalue weighted by Crippen LogP contribution is -2.70. The average molecular weight is 467 g/mol. The predicted molar refractivity (Wildman–Crippen MR) is 128 cm³/mol. The molecule has 0 aliphatic carbocycles. The number of nitrogens with zero attached hydrogens (tertiary/aromatic N) is 6. The summed E-state index contributed by atoms with van der Waals surface area (Å²) in [5, 5.41) is 8.49. The van der Waals surface area contributed by atoms with Crippen LogP contribution in [0.4, 0.5) is 11.4 Å². The highest BCUT2D eigenvalue weighted by Gasteiger charge is 2.61. The second-order valence-corrected chi connectivity index (χ2v) is 9.22. The van der Waals surface area contributed by atoms with Crippen LogP contribution in [0.2, 0.25) is 0 Å². The third-order valence-electron chi connectivity index (χ3n) is 7.46. The van der Waals surface area contributed by atoms with E-state index < -0.39 is 11.2 Å². The van der Waals surface area contributed by atoms with E-state index in [-0.39, 0.29) is 5.91 Å². The van der Waals surface area contributed by atoms with Gasteiger partial charge < -0.3 is 14.5 Å². The molecular formula is C24H27ClN6O2. The summed E-state index contributed by atoms with van der Waals surface area (Å²) in [7, 11) is 3.63. The zero-order valence-corrected chi connectivity index (χ0v) is 20.0. The number of fused-ring (bicyclic) bond motifs is 1. The minimum absolute atomic E-state index is 0.100. The van der Waals surface area contributed by atoms with Crippen molar-refractivity contribution in [3.05, 3.63) is 60.4 Å². The Labute approximate surface area is 198 Å². The van der Waals surface area contributed by atoms with E-state index in [9.17, 15) is 4.79 Å². The summed E-state index contributed by atoms with van der Waals surface area (Å²) in [4.78, 5) is 19.8. The summed E-state index contributed by atoms with van der Waals surface area (Å²) in [6, 6.07) is 13.4. The minimum atomic E-state index is -0.659. The Bertz CT molecular complexity index is 1170. The number of halogens is 1. The van der Waals surface area contributed by atoms with E-state index >= 15 is 0 Å². The van der Waals surface area contributed by atoms with Gasteiger partial charge in [-0.15, -0.1) is 0 Å². The molecule has 2 aliphatic heterocycles. The topological polar surface area (TPSA) is 66.7 Å². The highest BCUT2D eigenvalue weighted by Crippen LogP contribution is 2.54. The molecule has 172 valence electrons. The fourth-order valence-electron chi connectivity index (χ4n) is 5.34. The van der Waals surface area contributed by atoms with Crippen molar-refractivity contribution in [1.82, 2.24) is 19.9 Å². The number of methoxy groups -OCH3 is 1. The molecule has 33 heavy (non-hydrogen) atoms. The van der Waals surface area contributed by atoms with Crippen LogP contribution in [0, 0.1) is 0 Å². The maximum absolute atomic E-state index is 14.2. The first-order valence-corrected chi connectivity index (χ1v) is 11.3. The number of anilines is 2. The number of likely N-dealkylation sites (N-methyl/N-ethyl adjacent to an activating group) is 1. The van der Waals surface area contributed by atoms with Gasteiger partial charge in [-0.3, -0.25) is 9.21 Å². The van der Waals surface area contributed by atoms with E-state index in [1.165, 1.54) is 4.80 Å². The van der Waals surface area contributed by atoms with Crippen molar-refractivity contribution >= 4 is 29.1 Å². The fraction of sp³-hybridized carbons (Fsp3) is 0.375. The van der Waals surface area contributed by atoms with Gasteiger partial charge in [-0.2, -0.15) is 15.0 Å². The minimum Gasteiger partial charge on any atom is -0.497 e. The van der Waals surface area contributed by atoms with E-state index in [1.54, 1.807) is 30.0 Å². The van der Waals surface area contributed by atoms with E-state index in [1.807, 2.05) is 42.3 Å². The predicted octanol–water partition coefficient (Wildman–Crippen LogP) is 4.10. The van der Waals surface area contributed by atoms with Gasteiger partial charge in [0.2, 0.25) is 0 Å².